The molecule has 1 aliphatic rings. The van der Waals surface area contributed by atoms with Crippen molar-refractivity contribution in [3.05, 3.63) is 47.0 Å². The predicted octanol–water partition coefficient (Wildman–Crippen LogP) is 3.18. The Kier molecular flexibility index (Phi) is 4.32. The van der Waals surface area contributed by atoms with Gasteiger partial charge in [0, 0.05) is 18.5 Å². The summed E-state index contributed by atoms with van der Waals surface area (Å²) < 4.78 is 15.2. The van der Waals surface area contributed by atoms with E-state index in [1.165, 1.54) is 12.1 Å². The topological polar surface area (TPSA) is 68.5 Å². The van der Waals surface area contributed by atoms with Gasteiger partial charge in [-0.25, -0.2) is 4.39 Å². The van der Waals surface area contributed by atoms with Crippen molar-refractivity contribution in [3.63, 3.8) is 0 Å². The fourth-order valence-electron chi connectivity index (χ4n) is 2.92. The maximum Gasteiger partial charge on any atom is 0.271 e. The van der Waals surface area contributed by atoms with Gasteiger partial charge in [-0.2, -0.15) is 5.10 Å². The van der Waals surface area contributed by atoms with Gasteiger partial charge in [-0.3, -0.25) is 9.48 Å². The first-order valence-electron chi connectivity index (χ1n) is 8.20. The first kappa shape index (κ1) is 17.1. The van der Waals surface area contributed by atoms with Gasteiger partial charge in [0.15, 0.2) is 0 Å². The number of carbonyl (C=O) groups excluding carboxylic acids is 1. The lowest BCUT2D eigenvalue weighted by atomic mass is 9.95. The predicted molar refractivity (Wildman–Crippen MR) is 93.0 cm³/mol. The van der Waals surface area contributed by atoms with Crippen molar-refractivity contribution in [3.8, 4) is 0 Å². The quantitative estimate of drug-likeness (QED) is 0.926. The van der Waals surface area contributed by atoms with Crippen molar-refractivity contribution < 1.29 is 14.0 Å². The van der Waals surface area contributed by atoms with Crippen LogP contribution in [0.3, 0.4) is 0 Å². The number of anilines is 1. The molecule has 1 unspecified atom stereocenters. The Morgan fingerprint density at radius 1 is 1.44 bits per heavy atom. The van der Waals surface area contributed by atoms with Gasteiger partial charge in [0.05, 0.1) is 22.8 Å². The summed E-state index contributed by atoms with van der Waals surface area (Å²) in [6.07, 6.45) is 0.266. The zero-order chi connectivity index (χ0) is 18.2. The lowest BCUT2D eigenvalue weighted by molar-refractivity contribution is -0.135. The van der Waals surface area contributed by atoms with Crippen LogP contribution in [0.2, 0.25) is 0 Å². The zero-order valence-electron chi connectivity index (χ0n) is 14.8. The molecule has 1 aromatic carbocycles. The Bertz CT molecular complexity index is 859. The van der Waals surface area contributed by atoms with Gasteiger partial charge < -0.3 is 10.2 Å². The number of carbonyl (C=O) groups is 1. The number of benzene rings is 1. The third-order valence-electron chi connectivity index (χ3n) is 4.42. The van der Waals surface area contributed by atoms with E-state index in [1.807, 2.05) is 25.5 Å². The van der Waals surface area contributed by atoms with Crippen LogP contribution in [0.15, 0.2) is 29.4 Å². The van der Waals surface area contributed by atoms with Crippen molar-refractivity contribution in [1.29, 1.82) is 0 Å². The maximum atomic E-state index is 13.4. The average Bonchev–Trinajstić information content (AvgIpc) is 3.11. The van der Waals surface area contributed by atoms with Crippen LogP contribution in [-0.4, -0.2) is 27.0 Å². The summed E-state index contributed by atoms with van der Waals surface area (Å²) in [5.41, 5.74) is 2.35. The Balaban J connectivity index is 1.77. The second kappa shape index (κ2) is 6.31. The molecule has 132 valence electrons. The fraction of sp³-hybridized carbons (Fsp3) is 0.389. The number of aryl methyl sites for hydroxylation is 2. The van der Waals surface area contributed by atoms with Crippen molar-refractivity contribution in [2.45, 2.75) is 46.3 Å². The van der Waals surface area contributed by atoms with E-state index in [-0.39, 0.29) is 18.1 Å². The molecule has 2 aromatic rings. The van der Waals surface area contributed by atoms with Gasteiger partial charge in [-0.05, 0) is 39.8 Å². The number of halogens is 1. The molecule has 1 atom stereocenters. The van der Waals surface area contributed by atoms with E-state index in [0.717, 1.165) is 17.9 Å². The molecule has 6 nitrogen and oxygen atoms in total. The van der Waals surface area contributed by atoms with E-state index in [1.54, 1.807) is 19.1 Å². The summed E-state index contributed by atoms with van der Waals surface area (Å²) >= 11 is 0. The molecule has 0 saturated heterocycles. The first-order chi connectivity index (χ1) is 11.8. The van der Waals surface area contributed by atoms with Crippen LogP contribution in [0.4, 0.5) is 10.1 Å². The smallest absolute Gasteiger partial charge is 0.271 e. The highest BCUT2D eigenvalue weighted by atomic mass is 19.1. The molecule has 0 spiro atoms. The monoisotopic (exact) mass is 344 g/mol. The molecule has 0 saturated carbocycles. The number of oxime groups is 1. The molecule has 0 aliphatic carbocycles. The van der Waals surface area contributed by atoms with Crippen molar-refractivity contribution >= 4 is 17.3 Å². The van der Waals surface area contributed by atoms with Crippen LogP contribution < -0.4 is 5.32 Å². The van der Waals surface area contributed by atoms with E-state index in [2.05, 4.69) is 15.6 Å². The van der Waals surface area contributed by atoms with Gasteiger partial charge in [-0.1, -0.05) is 17.3 Å². The molecular formula is C18H21FN4O2. The summed E-state index contributed by atoms with van der Waals surface area (Å²) in [5.74, 6) is -0.652. The maximum absolute atomic E-state index is 13.4. The Hall–Kier alpha value is -2.70. The lowest BCUT2D eigenvalue weighted by Gasteiger charge is -2.20. The fourth-order valence-corrected chi connectivity index (χ4v) is 2.92. The molecule has 1 amide bonds. The first-order valence-corrected chi connectivity index (χ1v) is 8.20. The number of rotatable bonds is 4. The van der Waals surface area contributed by atoms with Crippen molar-refractivity contribution in [1.82, 2.24) is 9.78 Å². The van der Waals surface area contributed by atoms with Crippen molar-refractivity contribution in [2.75, 3.05) is 5.32 Å². The van der Waals surface area contributed by atoms with Gasteiger partial charge in [0.1, 0.15) is 5.82 Å². The molecule has 25 heavy (non-hydrogen) atoms. The summed E-state index contributed by atoms with van der Waals surface area (Å²) in [5, 5.41) is 11.3. The van der Waals surface area contributed by atoms with Crippen LogP contribution in [-0.2, 0) is 16.2 Å². The van der Waals surface area contributed by atoms with Crippen LogP contribution in [0, 0.1) is 19.7 Å². The average molecular weight is 344 g/mol. The Morgan fingerprint density at radius 2 is 2.20 bits per heavy atom. The molecule has 3 rings (SSSR count). The van der Waals surface area contributed by atoms with E-state index in [4.69, 9.17) is 4.84 Å². The van der Waals surface area contributed by atoms with E-state index in [0.29, 0.717) is 17.0 Å². The van der Waals surface area contributed by atoms with Gasteiger partial charge >= 0.3 is 0 Å². The highest BCUT2D eigenvalue weighted by Crippen LogP contribution is 2.29. The molecule has 2 heterocycles. The largest absolute Gasteiger partial charge is 0.379 e. The number of amides is 1. The number of hydrogen-bond acceptors (Lipinski definition) is 4. The highest BCUT2D eigenvalue weighted by molar-refractivity contribution is 6.08. The molecule has 1 N–H and O–H groups in total. The molecule has 1 aliphatic heterocycles. The SMILES string of the molecule is CCn1nc(C)c(NC(=O)C2(C)CC(c3cccc(F)c3)=NO2)c1C. The van der Waals surface area contributed by atoms with E-state index >= 15 is 0 Å². The summed E-state index contributed by atoms with van der Waals surface area (Å²) in [7, 11) is 0. The molecule has 0 radical (unpaired) electrons. The molecule has 1 aromatic heterocycles. The van der Waals surface area contributed by atoms with Crippen LogP contribution in [0.5, 0.6) is 0 Å². The second-order valence-electron chi connectivity index (χ2n) is 6.36. The van der Waals surface area contributed by atoms with Gasteiger partial charge in [0.25, 0.3) is 5.91 Å². The van der Waals surface area contributed by atoms with Gasteiger partial charge in [0.2, 0.25) is 5.60 Å². The van der Waals surface area contributed by atoms with Crippen LogP contribution in [0.1, 0.15) is 37.2 Å². The summed E-state index contributed by atoms with van der Waals surface area (Å²) in [6, 6.07) is 6.09. The van der Waals surface area contributed by atoms with Crippen LogP contribution in [0.25, 0.3) is 0 Å². The minimum absolute atomic E-state index is 0.266. The second-order valence-corrected chi connectivity index (χ2v) is 6.36. The third kappa shape index (κ3) is 3.14. The molecule has 0 fully saturated rings. The lowest BCUT2D eigenvalue weighted by Crippen LogP contribution is -2.40. The summed E-state index contributed by atoms with van der Waals surface area (Å²) in [4.78, 5) is 18.2. The molecule has 0 bridgehead atoms. The zero-order valence-corrected chi connectivity index (χ0v) is 14.8. The van der Waals surface area contributed by atoms with Crippen molar-refractivity contribution in [2.24, 2.45) is 5.16 Å². The van der Waals surface area contributed by atoms with E-state index in [9.17, 15) is 9.18 Å². The molecular weight excluding hydrogens is 323 g/mol. The number of hydrogen-bond donors (Lipinski definition) is 1. The number of nitrogens with one attached hydrogen (secondary N) is 1. The minimum atomic E-state index is -1.14. The third-order valence-corrected chi connectivity index (χ3v) is 4.42. The summed E-state index contributed by atoms with van der Waals surface area (Å²) in [6.45, 7) is 8.15. The molecule has 7 heteroatoms. The normalized spacial score (nSPS) is 19.5. The van der Waals surface area contributed by atoms with Crippen LogP contribution >= 0.6 is 0 Å². The Morgan fingerprint density at radius 3 is 2.84 bits per heavy atom. The van der Waals surface area contributed by atoms with Gasteiger partial charge in [-0.15, -0.1) is 0 Å². The minimum Gasteiger partial charge on any atom is -0.379 e. The van der Waals surface area contributed by atoms with E-state index < -0.39 is 5.60 Å². The number of nitrogens with zero attached hydrogens (tertiary/aromatic N) is 3. The standard InChI is InChI=1S/C18H21FN4O2/c1-5-23-12(3)16(11(2)21-23)20-17(24)18(4)10-15(22-25-18)13-7-6-8-14(19)9-13/h6-9H,5,10H2,1-4H3,(H,20,24). The Labute approximate surface area is 145 Å². The highest BCUT2D eigenvalue weighted by Gasteiger charge is 2.42. The number of aromatic nitrogens is 2.